The first-order valence-corrected chi connectivity index (χ1v) is 8.78. The van der Waals surface area contributed by atoms with Gasteiger partial charge in [0.15, 0.2) is 0 Å². The molecule has 0 amide bonds. The van der Waals surface area contributed by atoms with Crippen molar-refractivity contribution < 1.29 is 9.84 Å². The van der Waals surface area contributed by atoms with Gasteiger partial charge in [0.1, 0.15) is 7.85 Å². The number of hydrogen-bond acceptors (Lipinski definition) is 3. The Morgan fingerprint density at radius 3 is 2.42 bits per heavy atom. The summed E-state index contributed by atoms with van der Waals surface area (Å²) in [6.07, 6.45) is 4.44. The van der Waals surface area contributed by atoms with Crippen LogP contribution in [0, 0.1) is 5.92 Å². The fraction of sp³-hybridized carbons (Fsp3) is 1.00. The molecule has 0 aliphatic heterocycles. The number of aliphatic hydroxyl groups is 1. The third kappa shape index (κ3) is 10.7. The van der Waals surface area contributed by atoms with Crippen molar-refractivity contribution in [1.82, 2.24) is 0 Å². The molecule has 0 aliphatic rings. The van der Waals surface area contributed by atoms with Gasteiger partial charge in [-0.15, -0.1) is 0 Å². The highest BCUT2D eigenvalue weighted by molar-refractivity contribution is 7.99. The second-order valence-electron chi connectivity index (χ2n) is 6.67. The van der Waals surface area contributed by atoms with Crippen molar-refractivity contribution in [2.24, 2.45) is 5.92 Å². The largest absolute Gasteiger partial charge is 0.399 e. The van der Waals surface area contributed by atoms with Crippen molar-refractivity contribution >= 4 is 19.6 Å². The maximum absolute atomic E-state index is 9.69. The van der Waals surface area contributed by atoms with Crippen molar-refractivity contribution in [1.29, 1.82) is 0 Å². The average Bonchev–Trinajstić information content (AvgIpc) is 2.26. The Hall–Kier alpha value is 0.335. The molecule has 2 unspecified atom stereocenters. The van der Waals surface area contributed by atoms with E-state index in [1.807, 2.05) is 14.8 Å². The van der Waals surface area contributed by atoms with Crippen LogP contribution < -0.4 is 0 Å². The number of hydrogen-bond donors (Lipinski definition) is 1. The lowest BCUT2D eigenvalue weighted by Crippen LogP contribution is -2.35. The fourth-order valence-electron chi connectivity index (χ4n) is 1.79. The number of ether oxygens (including phenoxy) is 1. The highest BCUT2D eigenvalue weighted by Gasteiger charge is 2.27. The van der Waals surface area contributed by atoms with E-state index in [-0.39, 0.29) is 5.60 Å². The summed E-state index contributed by atoms with van der Waals surface area (Å²) in [4.78, 5) is 0. The summed E-state index contributed by atoms with van der Waals surface area (Å²) in [6, 6.07) is 0. The minimum absolute atomic E-state index is 0.0966. The molecule has 0 aromatic heterocycles. The van der Waals surface area contributed by atoms with Crippen LogP contribution in [-0.2, 0) is 4.74 Å². The maximum Gasteiger partial charge on any atom is 0.142 e. The summed E-state index contributed by atoms with van der Waals surface area (Å²) in [6.45, 7) is 11.3. The normalized spacial score (nSPS) is 17.2. The minimum Gasteiger partial charge on any atom is -0.399 e. The van der Waals surface area contributed by atoms with Crippen molar-refractivity contribution in [3.05, 3.63) is 0 Å². The Kier molecular flexibility index (Phi) is 9.47. The van der Waals surface area contributed by atoms with E-state index in [2.05, 4.69) is 39.5 Å². The summed E-state index contributed by atoms with van der Waals surface area (Å²) in [5.74, 6) is 3.09. The molecule has 0 aromatic carbocycles. The van der Waals surface area contributed by atoms with Crippen molar-refractivity contribution in [3.8, 4) is 0 Å². The van der Waals surface area contributed by atoms with Gasteiger partial charge in [-0.05, 0) is 63.9 Å². The molecule has 0 saturated carbocycles. The van der Waals surface area contributed by atoms with Crippen LogP contribution in [0.3, 0.4) is 0 Å². The molecule has 2 nitrogen and oxygen atoms in total. The van der Waals surface area contributed by atoms with E-state index in [1.54, 1.807) is 0 Å². The highest BCUT2D eigenvalue weighted by Crippen LogP contribution is 2.26. The lowest BCUT2D eigenvalue weighted by molar-refractivity contribution is -0.0689. The Labute approximate surface area is 125 Å². The molecular weight excluding hydrogens is 255 g/mol. The lowest BCUT2D eigenvalue weighted by Gasteiger charge is -2.33. The van der Waals surface area contributed by atoms with Gasteiger partial charge in [-0.2, -0.15) is 11.8 Å². The van der Waals surface area contributed by atoms with Gasteiger partial charge >= 0.3 is 0 Å². The SMILES string of the molecule is BC(C)(O)CCOC(C)(C)C(C)CCCSCCC. The topological polar surface area (TPSA) is 29.5 Å². The number of rotatable bonds is 11. The van der Waals surface area contributed by atoms with E-state index < -0.39 is 5.50 Å². The molecule has 4 heteroatoms. The van der Waals surface area contributed by atoms with Crippen LogP contribution in [0.4, 0.5) is 0 Å². The molecule has 2 atom stereocenters. The van der Waals surface area contributed by atoms with Gasteiger partial charge in [-0.3, -0.25) is 0 Å². The van der Waals surface area contributed by atoms with Crippen LogP contribution in [0.15, 0.2) is 0 Å². The second-order valence-corrected chi connectivity index (χ2v) is 7.89. The standard InChI is InChI=1S/C15H33BO2S/c1-6-11-19-12-7-8-13(2)14(3,4)18-10-9-15(5,16)17/h13,17H,6-12,16H2,1-5H3. The average molecular weight is 288 g/mol. The van der Waals surface area contributed by atoms with Gasteiger partial charge in [0, 0.05) is 12.1 Å². The molecule has 0 aliphatic carbocycles. The molecule has 1 N–H and O–H groups in total. The van der Waals surface area contributed by atoms with Crippen LogP contribution in [0.5, 0.6) is 0 Å². The molecular formula is C15H33BO2S. The predicted octanol–water partition coefficient (Wildman–Crippen LogP) is 3.07. The van der Waals surface area contributed by atoms with Gasteiger partial charge in [-0.1, -0.05) is 13.8 Å². The first-order chi connectivity index (χ1) is 8.69. The summed E-state index contributed by atoms with van der Waals surface area (Å²) in [5, 5.41) is 9.69. The Morgan fingerprint density at radius 1 is 1.26 bits per heavy atom. The van der Waals surface area contributed by atoms with Crippen LogP contribution in [0.2, 0.25) is 0 Å². The van der Waals surface area contributed by atoms with Crippen molar-refractivity contribution in [2.75, 3.05) is 18.1 Å². The van der Waals surface area contributed by atoms with E-state index in [1.165, 1.54) is 30.8 Å². The van der Waals surface area contributed by atoms with Crippen LogP contribution in [0.1, 0.15) is 60.3 Å². The van der Waals surface area contributed by atoms with Crippen LogP contribution in [0.25, 0.3) is 0 Å². The van der Waals surface area contributed by atoms with Crippen molar-refractivity contribution in [2.45, 2.75) is 71.4 Å². The van der Waals surface area contributed by atoms with Gasteiger partial charge in [0.05, 0.1) is 5.60 Å². The zero-order valence-electron chi connectivity index (χ0n) is 13.8. The van der Waals surface area contributed by atoms with Crippen LogP contribution >= 0.6 is 11.8 Å². The Balaban J connectivity index is 3.83. The summed E-state index contributed by atoms with van der Waals surface area (Å²) in [7, 11) is 1.83. The third-order valence-corrected chi connectivity index (χ3v) is 4.92. The second kappa shape index (κ2) is 9.30. The minimum atomic E-state index is -0.629. The molecule has 0 aromatic rings. The molecule has 0 fully saturated rings. The summed E-state index contributed by atoms with van der Waals surface area (Å²) in [5.41, 5.74) is -0.725. The first kappa shape index (κ1) is 19.3. The summed E-state index contributed by atoms with van der Waals surface area (Å²) < 4.78 is 5.98. The molecule has 0 saturated heterocycles. The van der Waals surface area contributed by atoms with Crippen LogP contribution in [-0.4, -0.2) is 42.2 Å². The zero-order valence-corrected chi connectivity index (χ0v) is 14.6. The molecule has 0 rings (SSSR count). The molecule has 0 radical (unpaired) electrons. The Bertz CT molecular complexity index is 227. The maximum atomic E-state index is 9.69. The van der Waals surface area contributed by atoms with Gasteiger partial charge in [0.2, 0.25) is 0 Å². The van der Waals surface area contributed by atoms with E-state index in [0.29, 0.717) is 18.9 Å². The van der Waals surface area contributed by atoms with E-state index in [4.69, 9.17) is 4.74 Å². The third-order valence-electron chi connectivity index (χ3n) is 3.65. The van der Waals surface area contributed by atoms with Gasteiger partial charge < -0.3 is 9.84 Å². The van der Waals surface area contributed by atoms with Crippen molar-refractivity contribution in [3.63, 3.8) is 0 Å². The fourth-order valence-corrected chi connectivity index (χ4v) is 2.66. The monoisotopic (exact) mass is 288 g/mol. The number of thioether (sulfide) groups is 1. The van der Waals surface area contributed by atoms with E-state index >= 15 is 0 Å². The molecule has 0 heterocycles. The lowest BCUT2D eigenvalue weighted by atomic mass is 9.81. The first-order valence-electron chi connectivity index (χ1n) is 7.63. The quantitative estimate of drug-likeness (QED) is 0.468. The predicted molar refractivity (Wildman–Crippen MR) is 89.8 cm³/mol. The smallest absolute Gasteiger partial charge is 0.142 e. The van der Waals surface area contributed by atoms with Gasteiger partial charge in [-0.25, -0.2) is 0 Å². The molecule has 0 bridgehead atoms. The molecule has 0 spiro atoms. The summed E-state index contributed by atoms with van der Waals surface area (Å²) >= 11 is 2.05. The molecule has 114 valence electrons. The van der Waals surface area contributed by atoms with E-state index in [9.17, 15) is 5.11 Å². The zero-order chi connectivity index (χ0) is 14.9. The molecule has 19 heavy (non-hydrogen) atoms. The Morgan fingerprint density at radius 2 is 1.89 bits per heavy atom. The van der Waals surface area contributed by atoms with Gasteiger partial charge in [0.25, 0.3) is 0 Å². The van der Waals surface area contributed by atoms with E-state index in [0.717, 1.165) is 0 Å². The highest BCUT2D eigenvalue weighted by atomic mass is 32.2.